The summed E-state index contributed by atoms with van der Waals surface area (Å²) >= 11 is 12.4. The van der Waals surface area contributed by atoms with E-state index in [9.17, 15) is 13.2 Å². The predicted octanol–water partition coefficient (Wildman–Crippen LogP) is 2.48. The van der Waals surface area contributed by atoms with E-state index < -0.39 is 15.9 Å². The molecule has 0 unspecified atom stereocenters. The van der Waals surface area contributed by atoms with Crippen molar-refractivity contribution in [2.24, 2.45) is 5.92 Å². The van der Waals surface area contributed by atoms with Gasteiger partial charge in [-0.25, -0.2) is 8.42 Å². The van der Waals surface area contributed by atoms with Crippen molar-refractivity contribution >= 4 is 39.1 Å². The molecule has 1 N–H and O–H groups in total. The quantitative estimate of drug-likeness (QED) is 0.700. The van der Waals surface area contributed by atoms with Crippen LogP contribution in [0.3, 0.4) is 0 Å². The van der Waals surface area contributed by atoms with Crippen LogP contribution >= 0.6 is 23.2 Å². The number of rotatable bonds is 6. The fourth-order valence-corrected chi connectivity index (χ4v) is 5.90. The number of carbonyl (C=O) groups excluding carboxylic acids is 1. The highest BCUT2D eigenvalue weighted by Gasteiger charge is 2.30. The van der Waals surface area contributed by atoms with Crippen molar-refractivity contribution in [3.05, 3.63) is 27.7 Å². The Bertz CT molecular complexity index is 836. The summed E-state index contributed by atoms with van der Waals surface area (Å²) in [6.45, 7) is 3.83. The highest BCUT2D eigenvalue weighted by molar-refractivity contribution is 7.89. The average molecular weight is 464 g/mol. The maximum atomic E-state index is 12.9. The first kappa shape index (κ1) is 22.8. The number of piperidine rings is 1. The van der Waals surface area contributed by atoms with Crippen molar-refractivity contribution in [1.82, 2.24) is 14.5 Å². The summed E-state index contributed by atoms with van der Waals surface area (Å²) in [7, 11) is -1.72. The number of sulfonamides is 1. The maximum absolute atomic E-state index is 12.9. The number of halogens is 2. The van der Waals surface area contributed by atoms with Crippen LogP contribution in [-0.2, 0) is 14.8 Å². The van der Waals surface area contributed by atoms with Gasteiger partial charge in [-0.05, 0) is 57.5 Å². The minimum atomic E-state index is -3.83. The molecule has 2 aliphatic heterocycles. The van der Waals surface area contributed by atoms with E-state index in [4.69, 9.17) is 27.9 Å². The second-order valence-electron chi connectivity index (χ2n) is 7.57. The van der Waals surface area contributed by atoms with Gasteiger partial charge in [-0.3, -0.25) is 4.79 Å². The van der Waals surface area contributed by atoms with E-state index in [0.717, 1.165) is 32.4 Å². The highest BCUT2D eigenvalue weighted by atomic mass is 35.5. The fourth-order valence-electron chi connectivity index (χ4n) is 3.66. The van der Waals surface area contributed by atoms with Crippen LogP contribution in [0.1, 0.15) is 29.6 Å². The van der Waals surface area contributed by atoms with Crippen LogP contribution in [0.15, 0.2) is 17.0 Å². The number of carbonyl (C=O) groups is 1. The molecule has 162 valence electrons. The van der Waals surface area contributed by atoms with Crippen molar-refractivity contribution in [3.8, 4) is 0 Å². The van der Waals surface area contributed by atoms with Crippen molar-refractivity contribution in [3.63, 3.8) is 0 Å². The van der Waals surface area contributed by atoms with Gasteiger partial charge >= 0.3 is 0 Å². The first-order valence-corrected chi connectivity index (χ1v) is 12.0. The van der Waals surface area contributed by atoms with Crippen LogP contribution in [0.5, 0.6) is 0 Å². The topological polar surface area (TPSA) is 79.0 Å². The number of hydrogen-bond donors (Lipinski definition) is 1. The minimum Gasteiger partial charge on any atom is -0.379 e. The van der Waals surface area contributed by atoms with Crippen LogP contribution in [0.25, 0.3) is 0 Å². The number of morpholine rings is 1. The molecule has 0 aromatic heterocycles. The van der Waals surface area contributed by atoms with Crippen LogP contribution in [0.2, 0.25) is 10.0 Å². The van der Waals surface area contributed by atoms with Gasteiger partial charge in [-0.1, -0.05) is 23.2 Å². The molecule has 2 saturated heterocycles. The molecule has 0 saturated carbocycles. The summed E-state index contributed by atoms with van der Waals surface area (Å²) in [5, 5.41) is 3.00. The summed E-state index contributed by atoms with van der Waals surface area (Å²) < 4.78 is 32.4. The Morgan fingerprint density at radius 3 is 2.45 bits per heavy atom. The summed E-state index contributed by atoms with van der Waals surface area (Å²) in [5.41, 5.74) is 0.117. The van der Waals surface area contributed by atoms with Crippen LogP contribution in [0, 0.1) is 5.92 Å². The van der Waals surface area contributed by atoms with Crippen molar-refractivity contribution in [2.45, 2.75) is 24.2 Å². The molecule has 0 bridgehead atoms. The molecule has 0 radical (unpaired) electrons. The molecule has 29 heavy (non-hydrogen) atoms. The third-order valence-corrected chi connectivity index (χ3v) is 8.21. The van der Waals surface area contributed by atoms with E-state index in [1.807, 2.05) is 0 Å². The maximum Gasteiger partial charge on any atom is 0.252 e. The van der Waals surface area contributed by atoms with Gasteiger partial charge in [0.1, 0.15) is 4.90 Å². The molecule has 0 spiro atoms. The molecular weight excluding hydrogens is 437 g/mol. The smallest absolute Gasteiger partial charge is 0.252 e. The predicted molar refractivity (Wildman–Crippen MR) is 113 cm³/mol. The second kappa shape index (κ2) is 9.94. The van der Waals surface area contributed by atoms with Crippen LogP contribution in [-0.4, -0.2) is 76.5 Å². The first-order valence-electron chi connectivity index (χ1n) is 9.82. The zero-order chi connectivity index (χ0) is 21.0. The van der Waals surface area contributed by atoms with Crippen molar-refractivity contribution < 1.29 is 17.9 Å². The summed E-state index contributed by atoms with van der Waals surface area (Å²) in [6, 6.07) is 2.60. The largest absolute Gasteiger partial charge is 0.379 e. The number of nitrogens with zero attached hydrogens (tertiary/aromatic N) is 2. The number of amides is 1. The van der Waals surface area contributed by atoms with E-state index in [2.05, 4.69) is 17.3 Å². The SMILES string of the molecule is CN1CCC(CCNC(=O)c2cc(S(=O)(=O)N3CCOCC3)c(Cl)cc2Cl)CC1. The summed E-state index contributed by atoms with van der Waals surface area (Å²) in [6.07, 6.45) is 3.13. The van der Waals surface area contributed by atoms with Crippen LogP contribution < -0.4 is 5.32 Å². The Hall–Kier alpha value is -0.900. The number of hydrogen-bond acceptors (Lipinski definition) is 5. The Labute approximate surface area is 182 Å². The Morgan fingerprint density at radius 1 is 1.14 bits per heavy atom. The Kier molecular flexibility index (Phi) is 7.81. The molecule has 7 nitrogen and oxygen atoms in total. The van der Waals surface area contributed by atoms with Crippen LogP contribution in [0.4, 0.5) is 0 Å². The van der Waals surface area contributed by atoms with Gasteiger partial charge in [0.05, 0.1) is 28.8 Å². The zero-order valence-electron chi connectivity index (χ0n) is 16.5. The number of likely N-dealkylation sites (tertiary alicyclic amines) is 1. The van der Waals surface area contributed by atoms with E-state index >= 15 is 0 Å². The number of nitrogens with one attached hydrogen (secondary N) is 1. The molecule has 0 atom stereocenters. The molecule has 2 aliphatic rings. The molecule has 1 aromatic rings. The minimum absolute atomic E-state index is 0.00404. The van der Waals surface area contributed by atoms with Crippen molar-refractivity contribution in [2.75, 3.05) is 53.0 Å². The van der Waals surface area contributed by atoms with E-state index in [1.165, 1.54) is 16.4 Å². The lowest BCUT2D eigenvalue weighted by molar-refractivity contribution is 0.0730. The molecular formula is C19H27Cl2N3O4S. The van der Waals surface area contributed by atoms with Gasteiger partial charge in [0.15, 0.2) is 0 Å². The lowest BCUT2D eigenvalue weighted by Gasteiger charge is -2.28. The molecule has 1 aromatic carbocycles. The van der Waals surface area contributed by atoms with Gasteiger partial charge in [0.25, 0.3) is 5.91 Å². The monoisotopic (exact) mass is 463 g/mol. The lowest BCUT2D eigenvalue weighted by Crippen LogP contribution is -2.40. The summed E-state index contributed by atoms with van der Waals surface area (Å²) in [4.78, 5) is 14.8. The average Bonchev–Trinajstić information content (AvgIpc) is 2.70. The molecule has 1 amide bonds. The van der Waals surface area contributed by atoms with Gasteiger partial charge in [0.2, 0.25) is 10.0 Å². The first-order chi connectivity index (χ1) is 13.8. The molecule has 2 fully saturated rings. The summed E-state index contributed by atoms with van der Waals surface area (Å²) in [5.74, 6) is 0.197. The van der Waals surface area contributed by atoms with Gasteiger partial charge in [0, 0.05) is 19.6 Å². The lowest BCUT2D eigenvalue weighted by atomic mass is 9.94. The molecule has 3 rings (SSSR count). The van der Waals surface area contributed by atoms with E-state index in [0.29, 0.717) is 25.7 Å². The number of benzene rings is 1. The standard InChI is InChI=1S/C19H27Cl2N3O4S/c1-23-6-3-14(4-7-23)2-5-22-19(25)15-12-18(17(21)13-16(15)20)29(26,27)24-8-10-28-11-9-24/h12-14H,2-11H2,1H3,(H,22,25). The van der Waals surface area contributed by atoms with Gasteiger partial charge < -0.3 is 15.0 Å². The molecule has 0 aliphatic carbocycles. The normalized spacial score (nSPS) is 20.0. The third kappa shape index (κ3) is 5.62. The van der Waals surface area contributed by atoms with Crippen molar-refractivity contribution in [1.29, 1.82) is 0 Å². The van der Waals surface area contributed by atoms with E-state index in [-0.39, 0.29) is 33.6 Å². The van der Waals surface area contributed by atoms with E-state index in [1.54, 1.807) is 0 Å². The van der Waals surface area contributed by atoms with Gasteiger partial charge in [-0.15, -0.1) is 0 Å². The number of ether oxygens (including phenoxy) is 1. The Balaban J connectivity index is 1.68. The third-order valence-electron chi connectivity index (χ3n) is 5.53. The zero-order valence-corrected chi connectivity index (χ0v) is 18.8. The second-order valence-corrected chi connectivity index (χ2v) is 10.3. The van der Waals surface area contributed by atoms with Gasteiger partial charge in [-0.2, -0.15) is 4.31 Å². The Morgan fingerprint density at radius 2 is 1.79 bits per heavy atom. The highest BCUT2D eigenvalue weighted by Crippen LogP contribution is 2.31. The molecule has 2 heterocycles. The molecule has 10 heteroatoms. The fraction of sp³-hybridized carbons (Fsp3) is 0.632.